The molecule has 0 bridgehead atoms. The third kappa shape index (κ3) is 7.09. The topological polar surface area (TPSA) is 87.7 Å². The summed E-state index contributed by atoms with van der Waals surface area (Å²) in [5.41, 5.74) is 0.545. The summed E-state index contributed by atoms with van der Waals surface area (Å²) in [4.78, 5) is 21.6. The summed E-state index contributed by atoms with van der Waals surface area (Å²) in [7, 11) is 0. The van der Waals surface area contributed by atoms with E-state index in [1.165, 1.54) is 6.07 Å². The van der Waals surface area contributed by atoms with Gasteiger partial charge in [-0.3, -0.25) is 4.79 Å². The summed E-state index contributed by atoms with van der Waals surface area (Å²) >= 11 is 0. The van der Waals surface area contributed by atoms with Gasteiger partial charge in [-0.2, -0.15) is 8.78 Å². The number of ether oxygens (including phenoxy) is 1. The molecular formula is C13H16F2N2O4. The maximum Gasteiger partial charge on any atom is 0.387 e. The summed E-state index contributed by atoms with van der Waals surface area (Å²) in [5.74, 6) is -0.936. The van der Waals surface area contributed by atoms with Gasteiger partial charge in [-0.05, 0) is 18.1 Å². The highest BCUT2D eigenvalue weighted by atomic mass is 19.3. The lowest BCUT2D eigenvalue weighted by Gasteiger charge is -2.11. The number of carbonyl (C=O) groups is 2. The molecule has 1 aromatic carbocycles. The molecule has 1 rings (SSSR count). The first-order chi connectivity index (χ1) is 9.99. The summed E-state index contributed by atoms with van der Waals surface area (Å²) in [6, 6.07) is 5.80. The van der Waals surface area contributed by atoms with Crippen molar-refractivity contribution in [3.05, 3.63) is 29.8 Å². The standard InChI is InChI=1S/C13H16F2N2O4/c14-12(15)21-10-4-2-1-3-9(10)5-7-16-13(20)17-8-6-11(18)19/h1-4,12H,5-8H2,(H,18,19)(H2,16,17,20). The summed E-state index contributed by atoms with van der Waals surface area (Å²) in [5, 5.41) is 13.3. The number of hydrogen-bond donors (Lipinski definition) is 3. The van der Waals surface area contributed by atoms with Gasteiger partial charge in [0.25, 0.3) is 0 Å². The van der Waals surface area contributed by atoms with E-state index in [0.717, 1.165) is 0 Å². The minimum atomic E-state index is -2.90. The quantitative estimate of drug-likeness (QED) is 0.680. The molecule has 0 unspecified atom stereocenters. The van der Waals surface area contributed by atoms with Gasteiger partial charge in [-0.1, -0.05) is 18.2 Å². The smallest absolute Gasteiger partial charge is 0.387 e. The molecule has 0 saturated carbocycles. The molecule has 0 fully saturated rings. The Labute approximate surface area is 120 Å². The maximum atomic E-state index is 12.2. The lowest BCUT2D eigenvalue weighted by atomic mass is 10.1. The first kappa shape index (κ1) is 16.7. The van der Waals surface area contributed by atoms with E-state index >= 15 is 0 Å². The summed E-state index contributed by atoms with van der Waals surface area (Å²) < 4.78 is 28.8. The zero-order chi connectivity index (χ0) is 15.7. The molecule has 8 heteroatoms. The second kappa shape index (κ2) is 8.72. The van der Waals surface area contributed by atoms with Crippen LogP contribution in [0.15, 0.2) is 24.3 Å². The van der Waals surface area contributed by atoms with E-state index in [1.54, 1.807) is 18.2 Å². The third-order valence-corrected chi connectivity index (χ3v) is 2.49. The van der Waals surface area contributed by atoms with Crippen molar-refractivity contribution >= 4 is 12.0 Å². The fourth-order valence-electron chi connectivity index (χ4n) is 1.58. The lowest BCUT2D eigenvalue weighted by molar-refractivity contribution is -0.136. The third-order valence-electron chi connectivity index (χ3n) is 2.49. The van der Waals surface area contributed by atoms with Gasteiger partial charge in [-0.15, -0.1) is 0 Å². The van der Waals surface area contributed by atoms with E-state index in [9.17, 15) is 18.4 Å². The molecule has 0 aromatic heterocycles. The minimum absolute atomic E-state index is 0.0201. The van der Waals surface area contributed by atoms with Crippen molar-refractivity contribution in [2.45, 2.75) is 19.5 Å². The van der Waals surface area contributed by atoms with Crippen LogP contribution in [0.5, 0.6) is 5.75 Å². The van der Waals surface area contributed by atoms with Gasteiger partial charge in [0.05, 0.1) is 6.42 Å². The molecule has 0 radical (unpaired) electrons. The Morgan fingerprint density at radius 2 is 1.86 bits per heavy atom. The van der Waals surface area contributed by atoms with Gasteiger partial charge in [0, 0.05) is 13.1 Å². The Hall–Kier alpha value is -2.38. The first-order valence-corrected chi connectivity index (χ1v) is 6.25. The largest absolute Gasteiger partial charge is 0.481 e. The van der Waals surface area contributed by atoms with Crippen LogP contribution in [0.25, 0.3) is 0 Å². The number of benzene rings is 1. The van der Waals surface area contributed by atoms with Crippen LogP contribution < -0.4 is 15.4 Å². The molecule has 1 aromatic rings. The predicted octanol–water partition coefficient (Wildman–Crippen LogP) is 1.60. The van der Waals surface area contributed by atoms with E-state index in [4.69, 9.17) is 5.11 Å². The average molecular weight is 302 g/mol. The zero-order valence-electron chi connectivity index (χ0n) is 11.1. The number of para-hydroxylation sites is 1. The fraction of sp³-hybridized carbons (Fsp3) is 0.385. The lowest BCUT2D eigenvalue weighted by Crippen LogP contribution is -2.37. The maximum absolute atomic E-state index is 12.2. The number of hydrogen-bond acceptors (Lipinski definition) is 3. The van der Waals surface area contributed by atoms with Crippen LogP contribution >= 0.6 is 0 Å². The molecule has 0 heterocycles. The van der Waals surface area contributed by atoms with Crippen molar-refractivity contribution in [1.82, 2.24) is 10.6 Å². The highest BCUT2D eigenvalue weighted by Gasteiger charge is 2.09. The number of alkyl halides is 2. The predicted molar refractivity (Wildman–Crippen MR) is 70.4 cm³/mol. The molecule has 0 aliphatic rings. The first-order valence-electron chi connectivity index (χ1n) is 6.25. The SMILES string of the molecule is O=C(O)CCNC(=O)NCCc1ccccc1OC(F)F. The number of rotatable bonds is 8. The van der Waals surface area contributed by atoms with Crippen LogP contribution in [0.4, 0.5) is 13.6 Å². The molecule has 0 aliphatic carbocycles. The van der Waals surface area contributed by atoms with Gasteiger partial charge in [0.2, 0.25) is 0 Å². The molecule has 116 valence electrons. The van der Waals surface area contributed by atoms with Crippen molar-refractivity contribution in [2.75, 3.05) is 13.1 Å². The molecule has 0 atom stereocenters. The number of aliphatic carboxylic acids is 1. The van der Waals surface area contributed by atoms with Crippen LogP contribution in [0.3, 0.4) is 0 Å². The van der Waals surface area contributed by atoms with Crippen molar-refractivity contribution < 1.29 is 28.2 Å². The van der Waals surface area contributed by atoms with E-state index in [2.05, 4.69) is 15.4 Å². The van der Waals surface area contributed by atoms with Gasteiger partial charge in [0.15, 0.2) is 0 Å². The van der Waals surface area contributed by atoms with Gasteiger partial charge >= 0.3 is 18.6 Å². The van der Waals surface area contributed by atoms with E-state index in [0.29, 0.717) is 12.0 Å². The Balaban J connectivity index is 2.35. The van der Waals surface area contributed by atoms with Crippen molar-refractivity contribution in [1.29, 1.82) is 0 Å². The monoisotopic (exact) mass is 302 g/mol. The second-order valence-electron chi connectivity index (χ2n) is 4.06. The highest BCUT2D eigenvalue weighted by Crippen LogP contribution is 2.20. The van der Waals surface area contributed by atoms with Crippen molar-refractivity contribution in [2.24, 2.45) is 0 Å². The Morgan fingerprint density at radius 1 is 1.19 bits per heavy atom. The average Bonchev–Trinajstić information content (AvgIpc) is 2.39. The number of amides is 2. The van der Waals surface area contributed by atoms with Crippen molar-refractivity contribution in [3.63, 3.8) is 0 Å². The number of nitrogens with one attached hydrogen (secondary N) is 2. The molecule has 0 spiro atoms. The van der Waals surface area contributed by atoms with Crippen LogP contribution in [0.2, 0.25) is 0 Å². The number of halogens is 2. The normalized spacial score (nSPS) is 10.2. The molecule has 21 heavy (non-hydrogen) atoms. The molecule has 2 amide bonds. The molecular weight excluding hydrogens is 286 g/mol. The number of urea groups is 1. The molecule has 6 nitrogen and oxygen atoms in total. The number of carbonyl (C=O) groups excluding carboxylic acids is 1. The Bertz CT molecular complexity index is 483. The van der Waals surface area contributed by atoms with E-state index in [1.807, 2.05) is 0 Å². The number of carboxylic acid groups (broad SMARTS) is 1. The fourth-order valence-corrected chi connectivity index (χ4v) is 1.58. The second-order valence-corrected chi connectivity index (χ2v) is 4.06. The van der Waals surface area contributed by atoms with Crippen molar-refractivity contribution in [3.8, 4) is 5.75 Å². The highest BCUT2D eigenvalue weighted by molar-refractivity contribution is 5.74. The van der Waals surface area contributed by atoms with Crippen LogP contribution in [0.1, 0.15) is 12.0 Å². The van der Waals surface area contributed by atoms with Crippen LogP contribution in [0, 0.1) is 0 Å². The van der Waals surface area contributed by atoms with Crippen LogP contribution in [-0.2, 0) is 11.2 Å². The van der Waals surface area contributed by atoms with Gasteiger partial charge < -0.3 is 20.5 Å². The summed E-state index contributed by atoms with van der Waals surface area (Å²) in [6.07, 6.45) is 0.147. The molecule has 0 aliphatic heterocycles. The molecule has 0 saturated heterocycles. The van der Waals surface area contributed by atoms with Gasteiger partial charge in [0.1, 0.15) is 5.75 Å². The zero-order valence-corrected chi connectivity index (χ0v) is 11.1. The summed E-state index contributed by atoms with van der Waals surface area (Å²) in [6.45, 7) is -2.67. The Morgan fingerprint density at radius 3 is 2.52 bits per heavy atom. The Kier molecular flexibility index (Phi) is 6.93. The van der Waals surface area contributed by atoms with E-state index in [-0.39, 0.29) is 25.3 Å². The van der Waals surface area contributed by atoms with Gasteiger partial charge in [-0.25, -0.2) is 4.79 Å². The van der Waals surface area contributed by atoms with Crippen LogP contribution in [-0.4, -0.2) is 36.8 Å². The molecule has 3 N–H and O–H groups in total. The van der Waals surface area contributed by atoms with E-state index < -0.39 is 18.6 Å². The number of carboxylic acids is 1. The minimum Gasteiger partial charge on any atom is -0.481 e.